The number of piperazine rings is 1. The maximum Gasteiger partial charge on any atom is 0.349 e. The molecule has 1 aliphatic heterocycles. The second-order valence-corrected chi connectivity index (χ2v) is 6.84. The molecule has 2 aromatic heterocycles. The molecule has 0 radical (unpaired) electrons. The van der Waals surface area contributed by atoms with E-state index in [4.69, 9.17) is 9.15 Å². The first-order chi connectivity index (χ1) is 14.2. The number of benzene rings is 1. The molecule has 1 saturated heterocycles. The number of nitrogens with zero attached hydrogens (tertiary/aromatic N) is 4. The van der Waals surface area contributed by atoms with Crippen LogP contribution in [0.4, 0.5) is 5.82 Å². The summed E-state index contributed by atoms with van der Waals surface area (Å²) in [6.07, 6.45) is 5.86. The highest BCUT2D eigenvalue weighted by molar-refractivity contribution is 5.97. The Bertz CT molecular complexity index is 1060. The van der Waals surface area contributed by atoms with E-state index in [0.29, 0.717) is 49.5 Å². The van der Waals surface area contributed by atoms with Gasteiger partial charge in [0.2, 0.25) is 0 Å². The zero-order valence-electron chi connectivity index (χ0n) is 16.2. The molecule has 0 N–H and O–H groups in total. The summed E-state index contributed by atoms with van der Waals surface area (Å²) >= 11 is 0. The Morgan fingerprint density at radius 1 is 1.17 bits per heavy atom. The number of ether oxygens (including phenoxy) is 1. The predicted molar refractivity (Wildman–Crippen MR) is 108 cm³/mol. The molecule has 150 valence electrons. The quantitative estimate of drug-likeness (QED) is 0.614. The molecule has 29 heavy (non-hydrogen) atoms. The highest BCUT2D eigenvalue weighted by atomic mass is 16.5. The second-order valence-electron chi connectivity index (χ2n) is 6.84. The van der Waals surface area contributed by atoms with Crippen LogP contribution in [0.2, 0.25) is 0 Å². The monoisotopic (exact) mass is 394 g/mol. The molecular formula is C21H22N4O4. The van der Waals surface area contributed by atoms with E-state index in [1.54, 1.807) is 41.7 Å². The molecular weight excluding hydrogens is 372 g/mol. The second kappa shape index (κ2) is 8.30. The zero-order valence-corrected chi connectivity index (χ0v) is 16.2. The van der Waals surface area contributed by atoms with Crippen LogP contribution in [-0.2, 0) is 0 Å². The maximum atomic E-state index is 12.9. The Morgan fingerprint density at radius 2 is 2.00 bits per heavy atom. The lowest BCUT2D eigenvalue weighted by molar-refractivity contribution is 0.0742. The van der Waals surface area contributed by atoms with E-state index >= 15 is 0 Å². The Kier molecular flexibility index (Phi) is 5.41. The van der Waals surface area contributed by atoms with Crippen molar-refractivity contribution in [2.45, 2.75) is 13.3 Å². The van der Waals surface area contributed by atoms with Crippen LogP contribution in [0.1, 0.15) is 23.7 Å². The minimum atomic E-state index is -0.633. The SMILES string of the molecule is CCCOc1ccc2cc(C(=O)N3CCN(c4cnccn4)CC3)c(=O)oc2c1. The van der Waals surface area contributed by atoms with Gasteiger partial charge in [0.05, 0.1) is 12.8 Å². The van der Waals surface area contributed by atoms with Crippen LogP contribution in [0.15, 0.2) is 52.1 Å². The lowest BCUT2D eigenvalue weighted by atomic mass is 10.1. The fourth-order valence-electron chi connectivity index (χ4n) is 3.31. The van der Waals surface area contributed by atoms with Gasteiger partial charge >= 0.3 is 5.63 Å². The van der Waals surface area contributed by atoms with Crippen molar-refractivity contribution in [3.05, 3.63) is 58.8 Å². The van der Waals surface area contributed by atoms with Crippen LogP contribution in [0.25, 0.3) is 11.0 Å². The number of carbonyl (C=O) groups is 1. The Morgan fingerprint density at radius 3 is 2.72 bits per heavy atom. The smallest absolute Gasteiger partial charge is 0.349 e. The fraction of sp³-hybridized carbons (Fsp3) is 0.333. The first kappa shape index (κ1) is 18.9. The van der Waals surface area contributed by atoms with Crippen LogP contribution >= 0.6 is 0 Å². The maximum absolute atomic E-state index is 12.9. The fourth-order valence-corrected chi connectivity index (χ4v) is 3.31. The average Bonchev–Trinajstić information content (AvgIpc) is 2.77. The van der Waals surface area contributed by atoms with Crippen molar-refractivity contribution >= 4 is 22.7 Å². The molecule has 3 heterocycles. The summed E-state index contributed by atoms with van der Waals surface area (Å²) in [5.41, 5.74) is -0.174. The Hall–Kier alpha value is -3.42. The predicted octanol–water partition coefficient (Wildman–Crippen LogP) is 2.33. The van der Waals surface area contributed by atoms with Gasteiger partial charge in [-0.05, 0) is 24.6 Å². The molecule has 0 spiro atoms. The number of aromatic nitrogens is 2. The van der Waals surface area contributed by atoms with Crippen molar-refractivity contribution in [1.82, 2.24) is 14.9 Å². The Labute approximate surface area is 167 Å². The van der Waals surface area contributed by atoms with E-state index in [9.17, 15) is 9.59 Å². The number of anilines is 1. The summed E-state index contributed by atoms with van der Waals surface area (Å²) in [5, 5.41) is 0.690. The number of carbonyl (C=O) groups excluding carboxylic acids is 1. The number of fused-ring (bicyclic) bond motifs is 1. The van der Waals surface area contributed by atoms with Crippen LogP contribution < -0.4 is 15.3 Å². The van der Waals surface area contributed by atoms with E-state index in [-0.39, 0.29) is 11.5 Å². The van der Waals surface area contributed by atoms with E-state index in [0.717, 1.165) is 12.2 Å². The minimum Gasteiger partial charge on any atom is -0.493 e. The molecule has 0 saturated carbocycles. The largest absolute Gasteiger partial charge is 0.493 e. The van der Waals surface area contributed by atoms with Crippen molar-refractivity contribution in [3.8, 4) is 5.75 Å². The summed E-state index contributed by atoms with van der Waals surface area (Å²) in [6, 6.07) is 6.89. The molecule has 1 fully saturated rings. The molecule has 1 amide bonds. The van der Waals surface area contributed by atoms with Gasteiger partial charge in [-0.2, -0.15) is 0 Å². The van der Waals surface area contributed by atoms with Crippen molar-refractivity contribution in [2.24, 2.45) is 0 Å². The normalized spacial score (nSPS) is 14.2. The molecule has 1 aliphatic rings. The average molecular weight is 394 g/mol. The summed E-state index contributed by atoms with van der Waals surface area (Å²) in [7, 11) is 0. The molecule has 0 unspecified atom stereocenters. The molecule has 0 atom stereocenters. The third kappa shape index (κ3) is 4.06. The van der Waals surface area contributed by atoms with Gasteiger partial charge < -0.3 is 19.0 Å². The topological polar surface area (TPSA) is 88.8 Å². The zero-order chi connectivity index (χ0) is 20.2. The van der Waals surface area contributed by atoms with Crippen LogP contribution in [0, 0.1) is 0 Å². The third-order valence-corrected chi connectivity index (χ3v) is 4.85. The van der Waals surface area contributed by atoms with Crippen LogP contribution in [0.3, 0.4) is 0 Å². The van der Waals surface area contributed by atoms with Crippen molar-refractivity contribution in [2.75, 3.05) is 37.7 Å². The van der Waals surface area contributed by atoms with Crippen molar-refractivity contribution in [1.29, 1.82) is 0 Å². The highest BCUT2D eigenvalue weighted by Crippen LogP contribution is 2.21. The van der Waals surface area contributed by atoms with Gasteiger partial charge in [0, 0.05) is 50.0 Å². The third-order valence-electron chi connectivity index (χ3n) is 4.85. The molecule has 0 aliphatic carbocycles. The van der Waals surface area contributed by atoms with Gasteiger partial charge in [0.25, 0.3) is 5.91 Å². The van der Waals surface area contributed by atoms with Crippen molar-refractivity contribution in [3.63, 3.8) is 0 Å². The van der Waals surface area contributed by atoms with Gasteiger partial charge in [-0.1, -0.05) is 6.92 Å². The number of hydrogen-bond acceptors (Lipinski definition) is 7. The Balaban J connectivity index is 1.50. The van der Waals surface area contributed by atoms with Crippen molar-refractivity contribution < 1.29 is 13.9 Å². The molecule has 4 rings (SSSR count). The van der Waals surface area contributed by atoms with Gasteiger partial charge in [0.1, 0.15) is 22.7 Å². The standard InChI is InChI=1S/C21H22N4O4/c1-2-11-28-16-4-3-15-12-17(21(27)29-18(15)13-16)20(26)25-9-7-24(8-10-25)19-14-22-5-6-23-19/h3-6,12-14H,2,7-11H2,1H3. The highest BCUT2D eigenvalue weighted by Gasteiger charge is 2.25. The van der Waals surface area contributed by atoms with Gasteiger partial charge in [-0.3, -0.25) is 9.78 Å². The summed E-state index contributed by atoms with van der Waals surface area (Å²) in [6.45, 7) is 4.86. The van der Waals surface area contributed by atoms with E-state index in [2.05, 4.69) is 14.9 Å². The van der Waals surface area contributed by atoms with E-state index < -0.39 is 5.63 Å². The molecule has 3 aromatic rings. The summed E-state index contributed by atoms with van der Waals surface area (Å²) in [4.78, 5) is 37.5. The van der Waals surface area contributed by atoms with Crippen LogP contribution in [-0.4, -0.2) is 53.6 Å². The minimum absolute atomic E-state index is 0.0488. The molecule has 8 heteroatoms. The lowest BCUT2D eigenvalue weighted by Crippen LogP contribution is -2.49. The summed E-state index contributed by atoms with van der Waals surface area (Å²) in [5.74, 6) is 1.11. The summed E-state index contributed by atoms with van der Waals surface area (Å²) < 4.78 is 11.0. The van der Waals surface area contributed by atoms with E-state index in [1.165, 1.54) is 0 Å². The van der Waals surface area contributed by atoms with Crippen LogP contribution in [0.5, 0.6) is 5.75 Å². The lowest BCUT2D eigenvalue weighted by Gasteiger charge is -2.35. The van der Waals surface area contributed by atoms with Gasteiger partial charge in [-0.15, -0.1) is 0 Å². The number of rotatable bonds is 5. The van der Waals surface area contributed by atoms with Gasteiger partial charge in [0.15, 0.2) is 0 Å². The molecule has 8 nitrogen and oxygen atoms in total. The van der Waals surface area contributed by atoms with Gasteiger partial charge in [-0.25, -0.2) is 9.78 Å². The molecule has 0 bridgehead atoms. The van der Waals surface area contributed by atoms with E-state index in [1.807, 2.05) is 13.0 Å². The number of hydrogen-bond donors (Lipinski definition) is 0. The first-order valence-corrected chi connectivity index (χ1v) is 9.66. The number of amides is 1. The first-order valence-electron chi connectivity index (χ1n) is 9.66. The molecule has 1 aromatic carbocycles.